The minimum absolute atomic E-state index is 0.122. The average molecular weight is 602 g/mol. The van der Waals surface area contributed by atoms with Crippen LogP contribution in [0.25, 0.3) is 10.8 Å². The van der Waals surface area contributed by atoms with E-state index in [9.17, 15) is 18.4 Å². The van der Waals surface area contributed by atoms with Crippen molar-refractivity contribution in [3.8, 4) is 5.75 Å². The molecule has 14 heteroatoms. The van der Waals surface area contributed by atoms with E-state index in [4.69, 9.17) is 15.2 Å². The fraction of sp³-hybridized carbons (Fsp3) is 0.481. The van der Waals surface area contributed by atoms with Gasteiger partial charge in [-0.25, -0.2) is 14.8 Å². The van der Waals surface area contributed by atoms with Crippen LogP contribution in [0.5, 0.6) is 5.75 Å². The number of amides is 1. The molecule has 0 radical (unpaired) electrons. The zero-order chi connectivity index (χ0) is 29.3. The quantitative estimate of drug-likeness (QED) is 0.271. The highest BCUT2D eigenvalue weighted by Crippen LogP contribution is 2.36. The number of esters is 1. The van der Waals surface area contributed by atoms with Gasteiger partial charge in [0.2, 0.25) is 5.91 Å². The lowest BCUT2D eigenvalue weighted by molar-refractivity contribution is -0.158. The van der Waals surface area contributed by atoms with Crippen molar-refractivity contribution in [2.45, 2.75) is 56.7 Å². The first-order valence-electron chi connectivity index (χ1n) is 13.4. The van der Waals surface area contributed by atoms with Crippen molar-refractivity contribution in [1.82, 2.24) is 14.9 Å². The van der Waals surface area contributed by atoms with E-state index in [0.29, 0.717) is 32.6 Å². The molecule has 3 atom stereocenters. The lowest BCUT2D eigenvalue weighted by atomic mass is 10.00. The Hall–Kier alpha value is -3.49. The van der Waals surface area contributed by atoms with Crippen molar-refractivity contribution in [3.63, 3.8) is 0 Å². The lowest BCUT2D eigenvalue weighted by Gasteiger charge is -2.31. The molecule has 41 heavy (non-hydrogen) atoms. The van der Waals surface area contributed by atoms with Crippen LogP contribution in [0.3, 0.4) is 0 Å². The van der Waals surface area contributed by atoms with Gasteiger partial charge in [0.15, 0.2) is 5.13 Å². The smallest absolute Gasteiger partial charge is 0.329 e. The van der Waals surface area contributed by atoms with E-state index in [0.717, 1.165) is 35.4 Å². The zero-order valence-electron chi connectivity index (χ0n) is 23.1. The SMILES string of the molecule is COc1cc2c(N)nccc2cc1C[C@H](C(=O)OC1CCCC1)N1CC[C@H](N(c2cnc(N(C)C)s2)S(=O)[O-])C1=O. The van der Waals surface area contributed by atoms with E-state index in [1.54, 1.807) is 31.3 Å². The summed E-state index contributed by atoms with van der Waals surface area (Å²) in [6.07, 6.45) is 6.71. The number of fused-ring (bicyclic) bond motifs is 1. The van der Waals surface area contributed by atoms with E-state index in [1.165, 1.54) is 29.5 Å². The standard InChI is InChI=1S/C27H34N6O6S2/c1-31(2)27-30-15-23(40-27)33(41(36)37)20-9-11-32(25(20)34)21(26(35)39-18-6-4-5-7-18)13-17-12-16-8-10-29-24(28)19(16)14-22(17)38-3/h8,10,12,14-15,18,20-21H,4-7,9,11,13H2,1-3H3,(H2,28,29)(H,36,37)/p-1/t20-,21+/m0/s1. The molecule has 2 aromatic heterocycles. The van der Waals surface area contributed by atoms with Gasteiger partial charge in [-0.15, -0.1) is 0 Å². The molecule has 1 aliphatic carbocycles. The molecule has 3 heterocycles. The van der Waals surface area contributed by atoms with Gasteiger partial charge in [0.05, 0.1) is 13.3 Å². The highest BCUT2D eigenvalue weighted by Gasteiger charge is 2.44. The molecular weight excluding hydrogens is 568 g/mol. The summed E-state index contributed by atoms with van der Waals surface area (Å²) in [5.41, 5.74) is 6.76. The van der Waals surface area contributed by atoms with Crippen LogP contribution in [0.2, 0.25) is 0 Å². The van der Waals surface area contributed by atoms with Gasteiger partial charge in [0, 0.05) is 49.9 Å². The van der Waals surface area contributed by atoms with Crippen molar-refractivity contribution < 1.29 is 27.8 Å². The number of hydrogen-bond donors (Lipinski definition) is 1. The van der Waals surface area contributed by atoms with E-state index in [-0.39, 0.29) is 25.5 Å². The number of hydrogen-bond acceptors (Lipinski definition) is 11. The number of ether oxygens (including phenoxy) is 2. The van der Waals surface area contributed by atoms with Gasteiger partial charge < -0.3 is 29.6 Å². The summed E-state index contributed by atoms with van der Waals surface area (Å²) in [6, 6.07) is 3.49. The van der Waals surface area contributed by atoms with Crippen molar-refractivity contribution in [3.05, 3.63) is 36.2 Å². The van der Waals surface area contributed by atoms with E-state index in [1.807, 2.05) is 12.1 Å². The van der Waals surface area contributed by atoms with Crippen LogP contribution in [0.4, 0.5) is 16.0 Å². The number of anilines is 3. The van der Waals surface area contributed by atoms with Gasteiger partial charge in [-0.1, -0.05) is 11.3 Å². The third kappa shape index (κ3) is 5.95. The summed E-state index contributed by atoms with van der Waals surface area (Å²) in [5.74, 6) is -0.115. The van der Waals surface area contributed by atoms with Crippen molar-refractivity contribution >= 4 is 61.2 Å². The first-order chi connectivity index (χ1) is 19.7. The summed E-state index contributed by atoms with van der Waals surface area (Å²) in [7, 11) is 5.13. The van der Waals surface area contributed by atoms with Gasteiger partial charge in [0.1, 0.15) is 34.8 Å². The number of benzene rings is 1. The molecule has 1 amide bonds. The number of likely N-dealkylation sites (tertiary alicyclic amines) is 1. The topological polar surface area (TPSA) is 154 Å². The molecule has 2 N–H and O–H groups in total. The Morgan fingerprint density at radius 1 is 1.27 bits per heavy atom. The van der Waals surface area contributed by atoms with Crippen molar-refractivity contribution in [1.29, 1.82) is 0 Å². The number of thiazole rings is 1. The third-order valence-corrected chi connectivity index (χ3v) is 9.63. The fourth-order valence-electron chi connectivity index (χ4n) is 5.51. The second-order valence-electron chi connectivity index (χ2n) is 10.4. The summed E-state index contributed by atoms with van der Waals surface area (Å²) in [6.45, 7) is 0.188. The molecule has 5 rings (SSSR count). The third-order valence-electron chi connectivity index (χ3n) is 7.58. The van der Waals surface area contributed by atoms with Gasteiger partial charge >= 0.3 is 5.97 Å². The van der Waals surface area contributed by atoms with Gasteiger partial charge in [0.25, 0.3) is 0 Å². The molecule has 0 spiro atoms. The minimum atomic E-state index is -2.73. The Bertz CT molecular complexity index is 1460. The van der Waals surface area contributed by atoms with Crippen LogP contribution in [0.15, 0.2) is 30.6 Å². The average Bonchev–Trinajstić information content (AvgIpc) is 3.70. The van der Waals surface area contributed by atoms with Gasteiger partial charge in [-0.05, 0) is 61.3 Å². The second kappa shape index (κ2) is 12.2. The normalized spacial score (nSPS) is 19.0. The minimum Gasteiger partial charge on any atom is -0.755 e. The van der Waals surface area contributed by atoms with Crippen molar-refractivity contribution in [2.24, 2.45) is 0 Å². The Morgan fingerprint density at radius 3 is 2.68 bits per heavy atom. The number of carbonyl (C=O) groups excluding carboxylic acids is 2. The molecule has 1 aromatic carbocycles. The van der Waals surface area contributed by atoms with Crippen LogP contribution in [0, 0.1) is 0 Å². The Morgan fingerprint density at radius 2 is 2.02 bits per heavy atom. The molecule has 12 nitrogen and oxygen atoms in total. The van der Waals surface area contributed by atoms with Gasteiger partial charge in [-0.2, -0.15) is 0 Å². The van der Waals surface area contributed by atoms with Crippen LogP contribution >= 0.6 is 11.3 Å². The number of pyridine rings is 1. The van der Waals surface area contributed by atoms with E-state index < -0.39 is 35.2 Å². The first kappa shape index (κ1) is 29.0. The number of nitrogens with two attached hydrogens (primary N) is 1. The molecule has 0 bridgehead atoms. The Labute approximate surface area is 244 Å². The van der Waals surface area contributed by atoms with E-state index in [2.05, 4.69) is 9.97 Å². The summed E-state index contributed by atoms with van der Waals surface area (Å²) in [5, 5.41) is 2.46. The molecule has 220 valence electrons. The molecular formula is C27H33N6O6S2-. The molecule has 1 unspecified atom stereocenters. The van der Waals surface area contributed by atoms with Crippen LogP contribution in [-0.2, 0) is 32.0 Å². The molecule has 2 aliphatic rings. The first-order valence-corrected chi connectivity index (χ1v) is 15.3. The molecule has 1 saturated heterocycles. The number of nitrogens with zero attached hydrogens (tertiary/aromatic N) is 5. The highest BCUT2D eigenvalue weighted by atomic mass is 32.2. The number of nitrogen functional groups attached to an aromatic ring is 1. The monoisotopic (exact) mass is 601 g/mol. The Kier molecular flexibility index (Phi) is 8.61. The molecule has 2 fully saturated rings. The summed E-state index contributed by atoms with van der Waals surface area (Å²) >= 11 is -1.57. The molecule has 3 aromatic rings. The lowest BCUT2D eigenvalue weighted by Crippen LogP contribution is -2.49. The molecule has 1 aliphatic heterocycles. The predicted octanol–water partition coefficient (Wildman–Crippen LogP) is 2.65. The van der Waals surface area contributed by atoms with Crippen LogP contribution in [-0.4, -0.2) is 81.4 Å². The highest BCUT2D eigenvalue weighted by molar-refractivity contribution is 7.81. The maximum atomic E-state index is 13.9. The van der Waals surface area contributed by atoms with Crippen molar-refractivity contribution in [2.75, 3.05) is 42.7 Å². The second-order valence-corrected chi connectivity index (χ2v) is 12.2. The van der Waals surface area contributed by atoms with E-state index >= 15 is 0 Å². The number of methoxy groups -OCH3 is 1. The fourth-order valence-corrected chi connectivity index (χ4v) is 7.20. The van der Waals surface area contributed by atoms with Crippen LogP contribution in [0.1, 0.15) is 37.7 Å². The molecule has 1 saturated carbocycles. The zero-order valence-corrected chi connectivity index (χ0v) is 24.8. The van der Waals surface area contributed by atoms with Gasteiger partial charge in [-0.3, -0.25) is 13.3 Å². The number of aromatic nitrogens is 2. The predicted molar refractivity (Wildman–Crippen MR) is 157 cm³/mol. The maximum Gasteiger partial charge on any atom is 0.329 e. The van der Waals surface area contributed by atoms with Crippen LogP contribution < -0.4 is 19.7 Å². The summed E-state index contributed by atoms with van der Waals surface area (Å²) in [4.78, 5) is 39.2. The maximum absolute atomic E-state index is 13.9. The summed E-state index contributed by atoms with van der Waals surface area (Å²) < 4.78 is 37.3. The number of carbonyl (C=O) groups is 2. The number of rotatable bonds is 10. The Balaban J connectivity index is 1.47. The largest absolute Gasteiger partial charge is 0.755 e.